The molecule has 0 spiro atoms. The molecule has 32 heavy (non-hydrogen) atoms. The van der Waals surface area contributed by atoms with Gasteiger partial charge in [-0.2, -0.15) is 18.4 Å². The van der Waals surface area contributed by atoms with Gasteiger partial charge in [0.15, 0.2) is 0 Å². The average Bonchev–Trinajstić information content (AvgIpc) is 3.25. The van der Waals surface area contributed by atoms with Crippen molar-refractivity contribution >= 4 is 5.97 Å². The summed E-state index contributed by atoms with van der Waals surface area (Å²) >= 11 is 0. The minimum absolute atomic E-state index is 0.252. The lowest BCUT2D eigenvalue weighted by atomic mass is 10.1. The fraction of sp³-hybridized carbons (Fsp3) is 0.333. The zero-order chi connectivity index (χ0) is 23.7. The van der Waals surface area contributed by atoms with Gasteiger partial charge >= 0.3 is 12.1 Å². The van der Waals surface area contributed by atoms with E-state index < -0.39 is 46.9 Å². The van der Waals surface area contributed by atoms with Gasteiger partial charge in [0.1, 0.15) is 23.4 Å². The van der Waals surface area contributed by atoms with Crippen LogP contribution in [0.4, 0.5) is 17.6 Å². The van der Waals surface area contributed by atoms with E-state index in [0.29, 0.717) is 11.3 Å². The van der Waals surface area contributed by atoms with Gasteiger partial charge in [0.25, 0.3) is 0 Å². The lowest BCUT2D eigenvalue weighted by molar-refractivity contribution is -0.149. The third kappa shape index (κ3) is 5.10. The van der Waals surface area contributed by atoms with Gasteiger partial charge < -0.3 is 9.47 Å². The Morgan fingerprint density at radius 1 is 1.16 bits per heavy atom. The second-order valence-corrected chi connectivity index (χ2v) is 8.25. The van der Waals surface area contributed by atoms with E-state index in [2.05, 4.69) is 0 Å². The number of esters is 1. The van der Waals surface area contributed by atoms with E-state index in [4.69, 9.17) is 9.47 Å². The number of nitrogens with zero attached hydrogens (tertiary/aromatic N) is 1. The number of ether oxygens (including phenoxy) is 2. The van der Waals surface area contributed by atoms with Crippen LogP contribution in [0.2, 0.25) is 0 Å². The molecule has 8 heteroatoms. The first-order valence-electron chi connectivity index (χ1n) is 9.82. The maximum absolute atomic E-state index is 13.3. The highest BCUT2D eigenvalue weighted by Crippen LogP contribution is 2.60. The number of carbonyl (C=O) groups excluding carboxylic acids is 1. The minimum Gasteiger partial charge on any atom is -0.457 e. The highest BCUT2D eigenvalue weighted by atomic mass is 19.4. The van der Waals surface area contributed by atoms with Gasteiger partial charge in [-0.05, 0) is 42.5 Å². The first-order valence-corrected chi connectivity index (χ1v) is 9.82. The van der Waals surface area contributed by atoms with Gasteiger partial charge in [-0.25, -0.2) is 4.39 Å². The SMILES string of the molecule is C/C(=C\[C@H]1[C@@H](C(=O)O[C@H](C#N)c2cccc(Oc3cccc(F)c3)c2)C1(C)C)C(F)(F)F. The number of rotatable bonds is 6. The number of halogens is 4. The molecule has 1 aliphatic rings. The molecule has 0 N–H and O–H groups in total. The highest BCUT2D eigenvalue weighted by molar-refractivity contribution is 5.78. The number of allylic oxidation sites excluding steroid dienone is 2. The fourth-order valence-corrected chi connectivity index (χ4v) is 3.57. The van der Waals surface area contributed by atoms with Crippen molar-refractivity contribution in [2.45, 2.75) is 33.1 Å². The largest absolute Gasteiger partial charge is 0.457 e. The summed E-state index contributed by atoms with van der Waals surface area (Å²) in [6.07, 6.45) is -4.70. The lowest BCUT2D eigenvalue weighted by Crippen LogP contribution is -2.14. The van der Waals surface area contributed by atoms with Crippen molar-refractivity contribution in [1.29, 1.82) is 5.26 Å². The van der Waals surface area contributed by atoms with Crippen LogP contribution in [0.3, 0.4) is 0 Å². The lowest BCUT2D eigenvalue weighted by Gasteiger charge is -2.13. The maximum atomic E-state index is 13.3. The maximum Gasteiger partial charge on any atom is 0.412 e. The molecule has 168 valence electrons. The van der Waals surface area contributed by atoms with Crippen LogP contribution >= 0.6 is 0 Å². The molecule has 1 saturated carbocycles. The van der Waals surface area contributed by atoms with Gasteiger partial charge in [-0.1, -0.05) is 38.1 Å². The summed E-state index contributed by atoms with van der Waals surface area (Å²) in [4.78, 5) is 12.7. The van der Waals surface area contributed by atoms with Crippen LogP contribution in [-0.4, -0.2) is 12.1 Å². The Morgan fingerprint density at radius 3 is 2.38 bits per heavy atom. The summed E-state index contributed by atoms with van der Waals surface area (Å²) in [7, 11) is 0. The minimum atomic E-state index is -4.47. The topological polar surface area (TPSA) is 59.3 Å². The summed E-state index contributed by atoms with van der Waals surface area (Å²) in [6, 6.07) is 13.6. The summed E-state index contributed by atoms with van der Waals surface area (Å²) in [5.41, 5.74) is -1.16. The van der Waals surface area contributed by atoms with Gasteiger partial charge in [0.05, 0.1) is 5.92 Å². The Kier molecular flexibility index (Phi) is 6.31. The number of hydrogen-bond acceptors (Lipinski definition) is 4. The van der Waals surface area contributed by atoms with Gasteiger partial charge in [0.2, 0.25) is 6.10 Å². The van der Waals surface area contributed by atoms with E-state index in [0.717, 1.165) is 13.0 Å². The van der Waals surface area contributed by atoms with Crippen LogP contribution in [0.5, 0.6) is 11.5 Å². The third-order valence-corrected chi connectivity index (χ3v) is 5.59. The molecule has 3 atom stereocenters. The van der Waals surface area contributed by atoms with Crippen LogP contribution in [0, 0.1) is 34.4 Å². The van der Waals surface area contributed by atoms with Crippen LogP contribution < -0.4 is 4.74 Å². The molecule has 0 radical (unpaired) electrons. The van der Waals surface area contributed by atoms with E-state index in [1.165, 1.54) is 24.3 Å². The molecule has 0 amide bonds. The van der Waals surface area contributed by atoms with Crippen molar-refractivity contribution in [3.63, 3.8) is 0 Å². The zero-order valence-electron chi connectivity index (χ0n) is 17.6. The Hall–Kier alpha value is -3.34. The molecule has 3 rings (SSSR count). The molecule has 0 aromatic heterocycles. The van der Waals surface area contributed by atoms with Crippen LogP contribution in [0.25, 0.3) is 0 Å². The summed E-state index contributed by atoms with van der Waals surface area (Å²) in [5.74, 6) is -2.09. The monoisotopic (exact) mass is 447 g/mol. The quantitative estimate of drug-likeness (QED) is 0.288. The summed E-state index contributed by atoms with van der Waals surface area (Å²) in [5, 5.41) is 9.52. The molecule has 4 nitrogen and oxygen atoms in total. The first kappa shape index (κ1) is 23.3. The normalized spacial score (nSPS) is 20.8. The van der Waals surface area contributed by atoms with Crippen LogP contribution in [0.15, 0.2) is 60.2 Å². The Bertz CT molecular complexity index is 1090. The predicted octanol–water partition coefficient (Wildman–Crippen LogP) is 6.51. The van der Waals surface area contributed by atoms with Gasteiger partial charge in [0, 0.05) is 17.2 Å². The van der Waals surface area contributed by atoms with Crippen LogP contribution in [-0.2, 0) is 9.53 Å². The molecular formula is C24H21F4NO3. The third-order valence-electron chi connectivity index (χ3n) is 5.59. The fourth-order valence-electron chi connectivity index (χ4n) is 3.57. The van der Waals surface area contributed by atoms with E-state index >= 15 is 0 Å². The van der Waals surface area contributed by atoms with Gasteiger partial charge in [-0.15, -0.1) is 0 Å². The second-order valence-electron chi connectivity index (χ2n) is 8.25. The molecule has 2 aromatic rings. The Balaban J connectivity index is 1.73. The van der Waals surface area contributed by atoms with E-state index in [1.807, 2.05) is 6.07 Å². The van der Waals surface area contributed by atoms with Crippen molar-refractivity contribution in [2.75, 3.05) is 0 Å². The number of carbonyl (C=O) groups is 1. The predicted molar refractivity (Wildman–Crippen MR) is 108 cm³/mol. The Labute approximate surface area is 183 Å². The Morgan fingerprint density at radius 2 is 1.78 bits per heavy atom. The number of alkyl halides is 3. The van der Waals surface area contributed by atoms with Crippen molar-refractivity contribution < 1.29 is 31.8 Å². The molecule has 1 aliphatic carbocycles. The molecule has 0 saturated heterocycles. The molecule has 1 fully saturated rings. The zero-order valence-corrected chi connectivity index (χ0v) is 17.6. The van der Waals surface area contributed by atoms with Crippen molar-refractivity contribution in [2.24, 2.45) is 17.3 Å². The summed E-state index contributed by atoms with van der Waals surface area (Å²) in [6.45, 7) is 4.32. The first-order chi connectivity index (χ1) is 14.9. The van der Waals surface area contributed by atoms with E-state index in [9.17, 15) is 27.6 Å². The molecule has 0 aliphatic heterocycles. The summed E-state index contributed by atoms with van der Waals surface area (Å²) < 4.78 is 62.8. The number of nitriles is 1. The molecule has 0 heterocycles. The van der Waals surface area contributed by atoms with Gasteiger partial charge in [-0.3, -0.25) is 4.79 Å². The number of hydrogen-bond donors (Lipinski definition) is 0. The van der Waals surface area contributed by atoms with Crippen molar-refractivity contribution in [1.82, 2.24) is 0 Å². The number of benzene rings is 2. The van der Waals surface area contributed by atoms with E-state index in [-0.39, 0.29) is 5.75 Å². The van der Waals surface area contributed by atoms with E-state index in [1.54, 1.807) is 38.1 Å². The molecule has 0 bridgehead atoms. The highest BCUT2D eigenvalue weighted by Gasteiger charge is 2.62. The molecule has 0 unspecified atom stereocenters. The molecular weight excluding hydrogens is 426 g/mol. The molecule has 2 aromatic carbocycles. The second kappa shape index (κ2) is 8.65. The van der Waals surface area contributed by atoms with Crippen molar-refractivity contribution in [3.05, 3.63) is 71.6 Å². The average molecular weight is 447 g/mol. The smallest absolute Gasteiger partial charge is 0.412 e. The van der Waals surface area contributed by atoms with Crippen LogP contribution in [0.1, 0.15) is 32.4 Å². The standard InChI is InChI=1S/C24H21F4NO3/c1-14(24(26,27)28)10-19-21(23(19,2)3)22(30)32-20(13-29)15-6-4-8-17(11-15)31-18-9-5-7-16(25)12-18/h4-12,19-21H,1-3H3/b14-10+/t19-,20+,21-/m0/s1. The van der Waals surface area contributed by atoms with Crippen molar-refractivity contribution in [3.8, 4) is 17.6 Å².